The predicted octanol–water partition coefficient (Wildman–Crippen LogP) is 2.30. The highest BCUT2D eigenvalue weighted by Crippen LogP contribution is 2.25. The van der Waals surface area contributed by atoms with Crippen LogP contribution in [0.3, 0.4) is 0 Å². The monoisotopic (exact) mass is 231 g/mol. The molecule has 1 rings (SSSR count). The molecular weight excluding hydrogens is 225 g/mol. The van der Waals surface area contributed by atoms with Gasteiger partial charge in [0.2, 0.25) is 5.91 Å². The van der Waals surface area contributed by atoms with Crippen molar-refractivity contribution in [1.82, 2.24) is 9.97 Å². The van der Waals surface area contributed by atoms with E-state index in [4.69, 9.17) is 23.2 Å². The van der Waals surface area contributed by atoms with E-state index in [1.807, 2.05) is 0 Å². The smallest absolute Gasteiger partial charge is 0.249 e. The molecule has 0 spiro atoms. The number of carbonyl (C=O) groups is 1. The molecule has 14 heavy (non-hydrogen) atoms. The molecule has 0 saturated carbocycles. The molecule has 1 N–H and O–H groups in total. The zero-order valence-electron chi connectivity index (χ0n) is 7.29. The normalized spacial score (nSPS) is 10.5. The Morgan fingerprint density at radius 2 is 2.21 bits per heavy atom. The Kier molecular flexibility index (Phi) is 3.85. The summed E-state index contributed by atoms with van der Waals surface area (Å²) in [5, 5.41) is 2.70. The molecular formula is C8H7Cl2N3O. The molecule has 1 aromatic rings. The van der Waals surface area contributed by atoms with Gasteiger partial charge in [-0.15, -0.1) is 0 Å². The molecule has 1 heterocycles. The van der Waals surface area contributed by atoms with Crippen LogP contribution < -0.4 is 5.32 Å². The standard InChI is InChI=1S/C8H7Cl2N3O/c1-2-3-5(14)13-8-6(9)7(10)11-4-12-8/h2-4H,1H3,(H,11,12,13,14)/b3-2+. The number of anilines is 1. The molecule has 0 aliphatic rings. The second kappa shape index (κ2) is 4.93. The van der Waals surface area contributed by atoms with E-state index < -0.39 is 0 Å². The van der Waals surface area contributed by atoms with Gasteiger partial charge < -0.3 is 5.32 Å². The second-order valence-electron chi connectivity index (χ2n) is 2.32. The van der Waals surface area contributed by atoms with E-state index in [2.05, 4.69) is 15.3 Å². The number of allylic oxidation sites excluding steroid dienone is 1. The highest BCUT2D eigenvalue weighted by molar-refractivity contribution is 6.43. The lowest BCUT2D eigenvalue weighted by Crippen LogP contribution is -2.09. The summed E-state index contributed by atoms with van der Waals surface area (Å²) in [7, 11) is 0. The van der Waals surface area contributed by atoms with Crippen LogP contribution in [-0.4, -0.2) is 15.9 Å². The Labute approximate surface area is 91.0 Å². The van der Waals surface area contributed by atoms with Crippen molar-refractivity contribution in [2.75, 3.05) is 5.32 Å². The Morgan fingerprint density at radius 3 is 2.86 bits per heavy atom. The summed E-state index contributed by atoms with van der Waals surface area (Å²) in [4.78, 5) is 18.5. The highest BCUT2D eigenvalue weighted by Gasteiger charge is 2.08. The molecule has 1 aromatic heterocycles. The van der Waals surface area contributed by atoms with Crippen molar-refractivity contribution in [3.8, 4) is 0 Å². The number of hydrogen-bond donors (Lipinski definition) is 1. The lowest BCUT2D eigenvalue weighted by atomic mass is 10.4. The van der Waals surface area contributed by atoms with Gasteiger partial charge in [0.15, 0.2) is 11.0 Å². The quantitative estimate of drug-likeness (QED) is 0.628. The van der Waals surface area contributed by atoms with Crippen LogP contribution in [0.15, 0.2) is 18.5 Å². The van der Waals surface area contributed by atoms with Crippen molar-refractivity contribution in [3.05, 3.63) is 28.7 Å². The number of rotatable bonds is 2. The first-order valence-corrected chi connectivity index (χ1v) is 4.50. The first-order valence-electron chi connectivity index (χ1n) is 3.75. The van der Waals surface area contributed by atoms with Crippen LogP contribution in [0.4, 0.5) is 5.82 Å². The summed E-state index contributed by atoms with van der Waals surface area (Å²) < 4.78 is 0. The van der Waals surface area contributed by atoms with Crippen molar-refractivity contribution in [3.63, 3.8) is 0 Å². The van der Waals surface area contributed by atoms with Gasteiger partial charge in [-0.05, 0) is 13.0 Å². The number of hydrogen-bond acceptors (Lipinski definition) is 3. The van der Waals surface area contributed by atoms with Crippen LogP contribution >= 0.6 is 23.2 Å². The number of halogens is 2. The highest BCUT2D eigenvalue weighted by atomic mass is 35.5. The zero-order valence-corrected chi connectivity index (χ0v) is 8.80. The van der Waals surface area contributed by atoms with E-state index in [0.717, 1.165) is 0 Å². The van der Waals surface area contributed by atoms with Crippen molar-refractivity contribution < 1.29 is 4.79 Å². The minimum atomic E-state index is -0.316. The van der Waals surface area contributed by atoms with Crippen LogP contribution in [-0.2, 0) is 4.79 Å². The maximum atomic E-state index is 11.1. The third kappa shape index (κ3) is 2.68. The van der Waals surface area contributed by atoms with Gasteiger partial charge in [0.05, 0.1) is 0 Å². The SMILES string of the molecule is C/C=C/C(=O)Nc1ncnc(Cl)c1Cl. The Bertz CT molecular complexity index is 379. The van der Waals surface area contributed by atoms with Crippen molar-refractivity contribution in [2.24, 2.45) is 0 Å². The molecule has 0 unspecified atom stereocenters. The van der Waals surface area contributed by atoms with Crippen molar-refractivity contribution >= 4 is 34.9 Å². The average Bonchev–Trinajstić information content (AvgIpc) is 2.13. The number of aromatic nitrogens is 2. The molecule has 0 bridgehead atoms. The third-order valence-corrected chi connectivity index (χ3v) is 2.05. The fraction of sp³-hybridized carbons (Fsp3) is 0.125. The van der Waals surface area contributed by atoms with Crippen molar-refractivity contribution in [2.45, 2.75) is 6.92 Å². The molecule has 0 atom stereocenters. The third-order valence-electron chi connectivity index (χ3n) is 1.31. The van der Waals surface area contributed by atoms with E-state index in [1.54, 1.807) is 13.0 Å². The topological polar surface area (TPSA) is 54.9 Å². The molecule has 0 radical (unpaired) electrons. The number of carbonyl (C=O) groups excluding carboxylic acids is 1. The first kappa shape index (κ1) is 10.9. The van der Waals surface area contributed by atoms with Gasteiger partial charge >= 0.3 is 0 Å². The summed E-state index contributed by atoms with van der Waals surface area (Å²) >= 11 is 11.4. The summed E-state index contributed by atoms with van der Waals surface area (Å²) in [5.41, 5.74) is 0. The molecule has 0 aromatic carbocycles. The van der Waals surface area contributed by atoms with Gasteiger partial charge in [-0.2, -0.15) is 0 Å². The average molecular weight is 232 g/mol. The summed E-state index contributed by atoms with van der Waals surface area (Å²) in [6.45, 7) is 1.73. The zero-order chi connectivity index (χ0) is 10.6. The maximum absolute atomic E-state index is 11.1. The molecule has 0 saturated heterocycles. The Morgan fingerprint density at radius 1 is 1.50 bits per heavy atom. The van der Waals surface area contributed by atoms with Crippen LogP contribution in [0, 0.1) is 0 Å². The summed E-state index contributed by atoms with van der Waals surface area (Å²) in [6, 6.07) is 0. The molecule has 0 aliphatic carbocycles. The lowest BCUT2D eigenvalue weighted by molar-refractivity contribution is -0.111. The maximum Gasteiger partial charge on any atom is 0.249 e. The first-order chi connectivity index (χ1) is 6.65. The number of nitrogens with one attached hydrogen (secondary N) is 1. The second-order valence-corrected chi connectivity index (χ2v) is 3.05. The van der Waals surface area contributed by atoms with Crippen LogP contribution in [0.2, 0.25) is 10.2 Å². The van der Waals surface area contributed by atoms with E-state index in [9.17, 15) is 4.79 Å². The minimum absolute atomic E-state index is 0.109. The van der Waals surface area contributed by atoms with E-state index in [0.29, 0.717) is 0 Å². The van der Waals surface area contributed by atoms with Crippen LogP contribution in [0.1, 0.15) is 6.92 Å². The molecule has 0 aliphatic heterocycles. The molecule has 6 heteroatoms. The van der Waals surface area contributed by atoms with Gasteiger partial charge in [0, 0.05) is 0 Å². The number of amides is 1. The molecule has 4 nitrogen and oxygen atoms in total. The van der Waals surface area contributed by atoms with Crippen LogP contribution in [0.5, 0.6) is 0 Å². The lowest BCUT2D eigenvalue weighted by Gasteiger charge is -2.03. The van der Waals surface area contributed by atoms with E-state index >= 15 is 0 Å². The van der Waals surface area contributed by atoms with E-state index in [1.165, 1.54) is 12.4 Å². The van der Waals surface area contributed by atoms with Gasteiger partial charge in [0.1, 0.15) is 11.3 Å². The van der Waals surface area contributed by atoms with Crippen LogP contribution in [0.25, 0.3) is 0 Å². The number of nitrogens with zero attached hydrogens (tertiary/aromatic N) is 2. The fourth-order valence-electron chi connectivity index (χ4n) is 0.745. The molecule has 1 amide bonds. The molecule has 74 valence electrons. The Hall–Kier alpha value is -1.13. The van der Waals surface area contributed by atoms with Gasteiger partial charge in [-0.1, -0.05) is 29.3 Å². The summed E-state index contributed by atoms with van der Waals surface area (Å²) in [5.74, 6) is -0.112. The Balaban J connectivity index is 2.87. The van der Waals surface area contributed by atoms with Gasteiger partial charge in [0.25, 0.3) is 0 Å². The predicted molar refractivity (Wildman–Crippen MR) is 55.5 cm³/mol. The van der Waals surface area contributed by atoms with Crippen molar-refractivity contribution in [1.29, 1.82) is 0 Å². The largest absolute Gasteiger partial charge is 0.306 e. The summed E-state index contributed by atoms with van der Waals surface area (Å²) in [6.07, 6.45) is 4.18. The minimum Gasteiger partial charge on any atom is -0.306 e. The fourth-order valence-corrected chi connectivity index (χ4v) is 1.02. The van der Waals surface area contributed by atoms with Gasteiger partial charge in [-0.3, -0.25) is 4.79 Å². The van der Waals surface area contributed by atoms with E-state index in [-0.39, 0.29) is 21.9 Å². The molecule has 0 fully saturated rings. The van der Waals surface area contributed by atoms with Gasteiger partial charge in [-0.25, -0.2) is 9.97 Å².